The highest BCUT2D eigenvalue weighted by Crippen LogP contribution is 2.39. The van der Waals surface area contributed by atoms with Crippen molar-refractivity contribution in [3.8, 4) is 16.9 Å². The van der Waals surface area contributed by atoms with E-state index in [9.17, 15) is 8.42 Å². The number of hydrogen-bond acceptors (Lipinski definition) is 4. The molecule has 1 fully saturated rings. The summed E-state index contributed by atoms with van der Waals surface area (Å²) >= 11 is 0. The molecule has 2 aliphatic rings. The molecule has 1 spiro atoms. The van der Waals surface area contributed by atoms with Gasteiger partial charge >= 0.3 is 0 Å². The fourth-order valence-electron chi connectivity index (χ4n) is 4.03. The fourth-order valence-corrected chi connectivity index (χ4v) is 4.83. The van der Waals surface area contributed by atoms with Crippen molar-refractivity contribution in [2.24, 2.45) is 0 Å². The van der Waals surface area contributed by atoms with E-state index in [0.29, 0.717) is 0 Å². The summed E-state index contributed by atoms with van der Waals surface area (Å²) in [6.45, 7) is 2.07. The Bertz CT molecular complexity index is 904. The van der Waals surface area contributed by atoms with Gasteiger partial charge in [-0.3, -0.25) is 0 Å². The van der Waals surface area contributed by atoms with Crippen molar-refractivity contribution in [2.75, 3.05) is 19.3 Å². The lowest BCUT2D eigenvalue weighted by atomic mass is 9.83. The van der Waals surface area contributed by atoms with Gasteiger partial charge in [0.15, 0.2) is 9.84 Å². The maximum atomic E-state index is 11.4. The highest BCUT2D eigenvalue weighted by molar-refractivity contribution is 7.89. The molecule has 1 saturated heterocycles. The van der Waals surface area contributed by atoms with Gasteiger partial charge in [-0.1, -0.05) is 30.3 Å². The summed E-state index contributed by atoms with van der Waals surface area (Å²) in [6, 6.07) is 14.2. The van der Waals surface area contributed by atoms with Gasteiger partial charge in [-0.15, -0.1) is 12.4 Å². The van der Waals surface area contributed by atoms with Crippen molar-refractivity contribution in [3.05, 3.63) is 53.6 Å². The van der Waals surface area contributed by atoms with Crippen molar-refractivity contribution in [2.45, 2.75) is 37.0 Å². The van der Waals surface area contributed by atoms with Crippen LogP contribution in [0.4, 0.5) is 0 Å². The van der Waals surface area contributed by atoms with Gasteiger partial charge in [-0.05, 0) is 73.2 Å². The summed E-state index contributed by atoms with van der Waals surface area (Å²) in [5.74, 6) is 1.11. The zero-order valence-corrected chi connectivity index (χ0v) is 17.2. The third-order valence-electron chi connectivity index (χ3n) is 5.47. The molecule has 2 heterocycles. The summed E-state index contributed by atoms with van der Waals surface area (Å²) in [5.41, 5.74) is 4.37. The van der Waals surface area contributed by atoms with Crippen LogP contribution in [-0.4, -0.2) is 33.4 Å². The molecule has 2 aromatic rings. The van der Waals surface area contributed by atoms with E-state index in [1.165, 1.54) is 11.8 Å². The molecule has 0 aliphatic carbocycles. The Balaban J connectivity index is 0.00000210. The highest BCUT2D eigenvalue weighted by atomic mass is 35.5. The first-order valence-electron chi connectivity index (χ1n) is 9.22. The van der Waals surface area contributed by atoms with Gasteiger partial charge in [0, 0.05) is 6.26 Å². The maximum absolute atomic E-state index is 11.4. The minimum Gasteiger partial charge on any atom is -0.487 e. The normalized spacial score (nSPS) is 18.3. The molecule has 1 N–H and O–H groups in total. The predicted octanol–water partition coefficient (Wildman–Crippen LogP) is 3.77. The van der Waals surface area contributed by atoms with Crippen LogP contribution in [0.5, 0.6) is 5.75 Å². The molecule has 0 atom stereocenters. The second-order valence-electron chi connectivity index (χ2n) is 7.62. The summed E-state index contributed by atoms with van der Waals surface area (Å²) in [6.07, 6.45) is 5.55. The molecule has 0 bridgehead atoms. The Hall–Kier alpha value is -1.56. The van der Waals surface area contributed by atoms with Crippen LogP contribution in [-0.2, 0) is 22.0 Å². The van der Waals surface area contributed by atoms with Crippen molar-refractivity contribution in [1.82, 2.24) is 5.32 Å². The summed E-state index contributed by atoms with van der Waals surface area (Å²) in [4.78, 5) is 0. The number of benzene rings is 2. The van der Waals surface area contributed by atoms with Crippen molar-refractivity contribution < 1.29 is 13.2 Å². The van der Waals surface area contributed by atoms with Gasteiger partial charge < -0.3 is 10.1 Å². The van der Waals surface area contributed by atoms with E-state index in [4.69, 9.17) is 4.74 Å². The van der Waals surface area contributed by atoms with Gasteiger partial charge in [0.25, 0.3) is 0 Å². The monoisotopic (exact) mass is 407 g/mol. The van der Waals surface area contributed by atoms with Crippen LogP contribution in [0, 0.1) is 0 Å². The van der Waals surface area contributed by atoms with Crippen molar-refractivity contribution >= 4 is 22.2 Å². The summed E-state index contributed by atoms with van der Waals surface area (Å²) < 4.78 is 29.3. The molecule has 0 unspecified atom stereocenters. The van der Waals surface area contributed by atoms with E-state index in [1.807, 2.05) is 24.3 Å². The molecule has 2 aromatic carbocycles. The van der Waals surface area contributed by atoms with Crippen LogP contribution in [0.2, 0.25) is 0 Å². The van der Waals surface area contributed by atoms with Crippen molar-refractivity contribution in [1.29, 1.82) is 0 Å². The Morgan fingerprint density at radius 2 is 1.67 bits per heavy atom. The van der Waals surface area contributed by atoms with E-state index in [2.05, 4.69) is 23.5 Å². The zero-order chi connectivity index (χ0) is 18.2. The predicted molar refractivity (Wildman–Crippen MR) is 111 cm³/mol. The smallest absolute Gasteiger partial charge is 0.151 e. The van der Waals surface area contributed by atoms with Crippen LogP contribution in [0.3, 0.4) is 0 Å². The van der Waals surface area contributed by atoms with Crippen molar-refractivity contribution in [3.63, 3.8) is 0 Å². The first-order valence-corrected chi connectivity index (χ1v) is 11.3. The van der Waals surface area contributed by atoms with Crippen LogP contribution in [0.15, 0.2) is 42.5 Å². The fraction of sp³-hybridized carbons (Fsp3) is 0.429. The second-order valence-corrected chi connectivity index (χ2v) is 9.76. The maximum Gasteiger partial charge on any atom is 0.151 e. The van der Waals surface area contributed by atoms with E-state index < -0.39 is 9.84 Å². The van der Waals surface area contributed by atoms with Crippen LogP contribution >= 0.6 is 12.4 Å². The molecule has 4 rings (SSSR count). The molecular formula is C21H26ClNO3S. The number of ether oxygens (including phenoxy) is 1. The topological polar surface area (TPSA) is 55.4 Å². The molecular weight excluding hydrogens is 382 g/mol. The average molecular weight is 408 g/mol. The van der Waals surface area contributed by atoms with Crippen LogP contribution in [0.25, 0.3) is 11.1 Å². The number of sulfone groups is 1. The van der Waals surface area contributed by atoms with E-state index in [-0.39, 0.29) is 23.8 Å². The van der Waals surface area contributed by atoms with Gasteiger partial charge in [0.1, 0.15) is 11.4 Å². The Labute approximate surface area is 167 Å². The minimum absolute atomic E-state index is 0. The van der Waals surface area contributed by atoms with E-state index in [1.54, 1.807) is 0 Å². The standard InChI is InChI=1S/C21H25NO3S.ClH/c1-26(23,24)15-16-2-4-17(5-3-16)18-6-7-20-19(14-18)8-9-21(25-20)10-12-22-13-11-21;/h2-7,14,22H,8-13,15H2,1H3;1H. The quantitative estimate of drug-likeness (QED) is 0.841. The number of nitrogens with one attached hydrogen (secondary N) is 1. The molecule has 0 saturated carbocycles. The first kappa shape index (κ1) is 20.2. The Morgan fingerprint density at radius 3 is 2.33 bits per heavy atom. The molecule has 146 valence electrons. The largest absolute Gasteiger partial charge is 0.487 e. The van der Waals surface area contributed by atoms with Crippen LogP contribution in [0.1, 0.15) is 30.4 Å². The highest BCUT2D eigenvalue weighted by Gasteiger charge is 2.37. The second kappa shape index (κ2) is 7.82. The van der Waals surface area contributed by atoms with Gasteiger partial charge in [0.2, 0.25) is 0 Å². The van der Waals surface area contributed by atoms with E-state index in [0.717, 1.165) is 61.2 Å². The summed E-state index contributed by atoms with van der Waals surface area (Å²) in [7, 11) is -3.00. The SMILES string of the molecule is CS(=O)(=O)Cc1ccc(-c2ccc3c(c2)CCC2(CCNCC2)O3)cc1.Cl. The molecule has 0 aromatic heterocycles. The lowest BCUT2D eigenvalue weighted by Gasteiger charge is -2.41. The molecule has 4 nitrogen and oxygen atoms in total. The lowest BCUT2D eigenvalue weighted by molar-refractivity contribution is 0.0170. The number of aryl methyl sites for hydroxylation is 1. The number of hydrogen-bond donors (Lipinski definition) is 1. The Morgan fingerprint density at radius 1 is 1.00 bits per heavy atom. The molecule has 0 amide bonds. The molecule has 27 heavy (non-hydrogen) atoms. The summed E-state index contributed by atoms with van der Waals surface area (Å²) in [5, 5.41) is 3.41. The average Bonchev–Trinajstić information content (AvgIpc) is 2.61. The minimum atomic E-state index is -3.00. The molecule has 6 heteroatoms. The number of piperidine rings is 1. The number of rotatable bonds is 3. The molecule has 2 aliphatic heterocycles. The zero-order valence-electron chi connectivity index (χ0n) is 15.5. The number of fused-ring (bicyclic) bond motifs is 1. The van der Waals surface area contributed by atoms with E-state index >= 15 is 0 Å². The van der Waals surface area contributed by atoms with Gasteiger partial charge in [0.05, 0.1) is 5.75 Å². The number of halogens is 1. The first-order chi connectivity index (χ1) is 12.4. The van der Waals surface area contributed by atoms with Gasteiger partial charge in [-0.2, -0.15) is 0 Å². The molecule has 0 radical (unpaired) electrons. The Kier molecular flexibility index (Phi) is 5.84. The third kappa shape index (κ3) is 4.65. The third-order valence-corrected chi connectivity index (χ3v) is 6.33. The van der Waals surface area contributed by atoms with Crippen LogP contribution < -0.4 is 10.1 Å². The lowest BCUT2D eigenvalue weighted by Crippen LogP contribution is -2.48. The van der Waals surface area contributed by atoms with Gasteiger partial charge in [-0.25, -0.2) is 8.42 Å².